The van der Waals surface area contributed by atoms with Crippen LogP contribution in [0.2, 0.25) is 0 Å². The number of aliphatic hydroxyl groups excluding tert-OH is 2. The number of aryl methyl sites for hydroxylation is 1. The number of anilines is 1. The monoisotopic (exact) mass is 193 g/mol. The highest BCUT2D eigenvalue weighted by molar-refractivity contribution is 5.54. The molecule has 0 bridgehead atoms. The maximum atomic E-state index is 9.43. The summed E-state index contributed by atoms with van der Waals surface area (Å²) in [5, 5.41) is 18.9. The van der Waals surface area contributed by atoms with Crippen LogP contribution in [0.1, 0.15) is 5.56 Å². The van der Waals surface area contributed by atoms with E-state index in [1.807, 2.05) is 36.1 Å². The molecule has 2 rings (SSSR count). The van der Waals surface area contributed by atoms with Gasteiger partial charge in [0.2, 0.25) is 0 Å². The van der Waals surface area contributed by atoms with Gasteiger partial charge in [-0.05, 0) is 18.6 Å². The third kappa shape index (κ3) is 1.61. The second kappa shape index (κ2) is 3.59. The molecule has 0 spiro atoms. The molecule has 2 atom stereocenters. The molecule has 1 aromatic carbocycles. The van der Waals surface area contributed by atoms with Crippen LogP contribution in [0.15, 0.2) is 24.3 Å². The number of para-hydroxylation sites is 1. The highest BCUT2D eigenvalue weighted by Crippen LogP contribution is 2.23. The van der Waals surface area contributed by atoms with E-state index in [2.05, 4.69) is 0 Å². The van der Waals surface area contributed by atoms with Gasteiger partial charge in [-0.15, -0.1) is 0 Å². The number of aliphatic hydroxyl groups is 2. The number of hydrogen-bond acceptors (Lipinski definition) is 3. The van der Waals surface area contributed by atoms with Crippen LogP contribution in [0.4, 0.5) is 5.69 Å². The standard InChI is InChI=1S/C11H15NO2/c1-8-4-2-3-5-9(8)12-6-10(13)11(14)7-12/h2-5,10-11,13-14H,6-7H2,1H3. The second-order valence-corrected chi connectivity index (χ2v) is 3.83. The average Bonchev–Trinajstić information content (AvgIpc) is 2.48. The molecule has 76 valence electrons. The van der Waals surface area contributed by atoms with Gasteiger partial charge < -0.3 is 15.1 Å². The van der Waals surface area contributed by atoms with Crippen molar-refractivity contribution in [2.45, 2.75) is 19.1 Å². The summed E-state index contributed by atoms with van der Waals surface area (Å²) >= 11 is 0. The molecule has 1 fully saturated rings. The van der Waals surface area contributed by atoms with Crippen molar-refractivity contribution in [1.82, 2.24) is 0 Å². The quantitative estimate of drug-likeness (QED) is 0.684. The molecular formula is C11H15NO2. The molecule has 0 radical (unpaired) electrons. The van der Waals surface area contributed by atoms with Gasteiger partial charge in [-0.2, -0.15) is 0 Å². The minimum absolute atomic E-state index is 0.520. The fourth-order valence-electron chi connectivity index (χ4n) is 1.88. The Morgan fingerprint density at radius 3 is 2.29 bits per heavy atom. The molecule has 0 saturated carbocycles. The Morgan fingerprint density at radius 1 is 1.14 bits per heavy atom. The van der Waals surface area contributed by atoms with Gasteiger partial charge in [0.1, 0.15) is 0 Å². The molecule has 14 heavy (non-hydrogen) atoms. The molecule has 3 heteroatoms. The Labute approximate surface area is 83.6 Å². The predicted molar refractivity (Wildman–Crippen MR) is 55.4 cm³/mol. The van der Waals surface area contributed by atoms with E-state index >= 15 is 0 Å². The van der Waals surface area contributed by atoms with Crippen LogP contribution in [0, 0.1) is 6.92 Å². The van der Waals surface area contributed by atoms with E-state index in [-0.39, 0.29) is 0 Å². The van der Waals surface area contributed by atoms with E-state index in [9.17, 15) is 10.2 Å². The molecule has 1 aromatic rings. The van der Waals surface area contributed by atoms with E-state index in [1.54, 1.807) is 0 Å². The van der Waals surface area contributed by atoms with Crippen molar-refractivity contribution < 1.29 is 10.2 Å². The lowest BCUT2D eigenvalue weighted by Gasteiger charge is -2.19. The van der Waals surface area contributed by atoms with E-state index in [0.717, 1.165) is 5.69 Å². The smallest absolute Gasteiger partial charge is 0.0990 e. The molecule has 2 N–H and O–H groups in total. The SMILES string of the molecule is Cc1ccccc1N1CC(O)C(O)C1. The molecule has 2 unspecified atom stereocenters. The zero-order chi connectivity index (χ0) is 10.1. The lowest BCUT2D eigenvalue weighted by atomic mass is 10.2. The predicted octanol–water partition coefficient (Wildman–Crippen LogP) is 0.537. The van der Waals surface area contributed by atoms with Crippen LogP contribution in [0.3, 0.4) is 0 Å². The minimum Gasteiger partial charge on any atom is -0.389 e. The molecular weight excluding hydrogens is 178 g/mol. The normalized spacial score (nSPS) is 26.9. The van der Waals surface area contributed by atoms with Crippen molar-refractivity contribution in [3.8, 4) is 0 Å². The Kier molecular flexibility index (Phi) is 2.44. The van der Waals surface area contributed by atoms with Gasteiger partial charge in [-0.1, -0.05) is 18.2 Å². The second-order valence-electron chi connectivity index (χ2n) is 3.83. The van der Waals surface area contributed by atoms with E-state index in [0.29, 0.717) is 13.1 Å². The van der Waals surface area contributed by atoms with Crippen molar-refractivity contribution in [3.05, 3.63) is 29.8 Å². The molecule has 3 nitrogen and oxygen atoms in total. The van der Waals surface area contributed by atoms with Crippen molar-refractivity contribution in [2.24, 2.45) is 0 Å². The van der Waals surface area contributed by atoms with Gasteiger partial charge in [-0.3, -0.25) is 0 Å². The molecule has 1 saturated heterocycles. The number of benzene rings is 1. The number of rotatable bonds is 1. The largest absolute Gasteiger partial charge is 0.389 e. The van der Waals surface area contributed by atoms with Gasteiger partial charge in [-0.25, -0.2) is 0 Å². The highest BCUT2D eigenvalue weighted by atomic mass is 16.3. The minimum atomic E-state index is -0.616. The summed E-state index contributed by atoms with van der Waals surface area (Å²) < 4.78 is 0. The summed E-state index contributed by atoms with van der Waals surface area (Å²) in [5.41, 5.74) is 2.27. The molecule has 1 aliphatic heterocycles. The fraction of sp³-hybridized carbons (Fsp3) is 0.455. The number of nitrogens with zero attached hydrogens (tertiary/aromatic N) is 1. The van der Waals surface area contributed by atoms with Crippen molar-refractivity contribution >= 4 is 5.69 Å². The topological polar surface area (TPSA) is 43.7 Å². The summed E-state index contributed by atoms with van der Waals surface area (Å²) in [6, 6.07) is 8.01. The Bertz CT molecular complexity index is 317. The van der Waals surface area contributed by atoms with Crippen LogP contribution in [0.25, 0.3) is 0 Å². The van der Waals surface area contributed by atoms with Gasteiger partial charge in [0, 0.05) is 18.8 Å². The highest BCUT2D eigenvalue weighted by Gasteiger charge is 2.29. The van der Waals surface area contributed by atoms with Crippen LogP contribution in [0.5, 0.6) is 0 Å². The lowest BCUT2D eigenvalue weighted by molar-refractivity contribution is 0.0572. The third-order valence-electron chi connectivity index (χ3n) is 2.72. The van der Waals surface area contributed by atoms with Crippen molar-refractivity contribution in [1.29, 1.82) is 0 Å². The summed E-state index contributed by atoms with van der Waals surface area (Å²) in [7, 11) is 0. The lowest BCUT2D eigenvalue weighted by Crippen LogP contribution is -2.22. The first-order chi connectivity index (χ1) is 6.68. The van der Waals surface area contributed by atoms with E-state index in [1.165, 1.54) is 5.56 Å². The zero-order valence-corrected chi connectivity index (χ0v) is 8.22. The maximum Gasteiger partial charge on any atom is 0.0990 e. The molecule has 1 heterocycles. The Morgan fingerprint density at radius 2 is 1.71 bits per heavy atom. The molecule has 0 aromatic heterocycles. The fourth-order valence-corrected chi connectivity index (χ4v) is 1.88. The van der Waals surface area contributed by atoms with Gasteiger partial charge in [0.15, 0.2) is 0 Å². The van der Waals surface area contributed by atoms with Crippen LogP contribution < -0.4 is 4.90 Å². The van der Waals surface area contributed by atoms with E-state index < -0.39 is 12.2 Å². The molecule has 1 aliphatic rings. The Balaban J connectivity index is 2.21. The van der Waals surface area contributed by atoms with E-state index in [4.69, 9.17) is 0 Å². The molecule has 0 aliphatic carbocycles. The third-order valence-corrected chi connectivity index (χ3v) is 2.72. The van der Waals surface area contributed by atoms with Crippen molar-refractivity contribution in [3.63, 3.8) is 0 Å². The number of hydrogen-bond donors (Lipinski definition) is 2. The van der Waals surface area contributed by atoms with Crippen molar-refractivity contribution in [2.75, 3.05) is 18.0 Å². The number of β-amino-alcohol motifs (C(OH)–C–C–N with tert-alkyl or cyclic N) is 2. The molecule has 0 amide bonds. The summed E-state index contributed by atoms with van der Waals surface area (Å²) in [4.78, 5) is 2.02. The van der Waals surface area contributed by atoms with Crippen LogP contribution >= 0.6 is 0 Å². The Hall–Kier alpha value is -1.06. The van der Waals surface area contributed by atoms with Gasteiger partial charge in [0.25, 0.3) is 0 Å². The first kappa shape index (κ1) is 9.49. The van der Waals surface area contributed by atoms with Crippen LogP contribution in [-0.4, -0.2) is 35.5 Å². The summed E-state index contributed by atoms with van der Waals surface area (Å²) in [6.45, 7) is 3.07. The van der Waals surface area contributed by atoms with Gasteiger partial charge in [0.05, 0.1) is 12.2 Å². The average molecular weight is 193 g/mol. The first-order valence-corrected chi connectivity index (χ1v) is 4.85. The zero-order valence-electron chi connectivity index (χ0n) is 8.22. The summed E-state index contributed by atoms with van der Waals surface area (Å²) in [5.74, 6) is 0. The first-order valence-electron chi connectivity index (χ1n) is 4.85. The van der Waals surface area contributed by atoms with Gasteiger partial charge >= 0.3 is 0 Å². The van der Waals surface area contributed by atoms with Crippen LogP contribution in [-0.2, 0) is 0 Å². The maximum absolute atomic E-state index is 9.43. The summed E-state index contributed by atoms with van der Waals surface area (Å²) in [6.07, 6.45) is -1.23.